The van der Waals surface area contributed by atoms with Crippen molar-refractivity contribution in [2.45, 2.75) is 30.2 Å². The fraction of sp³-hybridized carbons (Fsp3) is 0.214. The van der Waals surface area contributed by atoms with Crippen molar-refractivity contribution in [3.63, 3.8) is 0 Å². The Labute approximate surface area is 106 Å². The number of hydrogen-bond donors (Lipinski definition) is 1. The third-order valence-electron chi connectivity index (χ3n) is 2.56. The van der Waals surface area contributed by atoms with E-state index in [1.54, 1.807) is 11.8 Å². The molecule has 0 aliphatic rings. The van der Waals surface area contributed by atoms with Crippen molar-refractivity contribution in [2.75, 3.05) is 0 Å². The maximum Gasteiger partial charge on any atom is 0.0540 e. The number of nitrogens with zero attached hydrogens (tertiary/aromatic N) is 1. The summed E-state index contributed by atoms with van der Waals surface area (Å²) in [7, 11) is 0. The van der Waals surface area contributed by atoms with E-state index in [9.17, 15) is 0 Å². The second-order valence-electron chi connectivity index (χ2n) is 4.06. The predicted octanol–water partition coefficient (Wildman–Crippen LogP) is 3.31. The fourth-order valence-corrected chi connectivity index (χ4v) is 2.48. The topological polar surface area (TPSA) is 38.9 Å². The summed E-state index contributed by atoms with van der Waals surface area (Å²) in [6.45, 7) is 4.74. The third-order valence-corrected chi connectivity index (χ3v) is 3.72. The average molecular weight is 244 g/mol. The van der Waals surface area contributed by atoms with Crippen LogP contribution in [0.2, 0.25) is 0 Å². The van der Waals surface area contributed by atoms with Crippen LogP contribution in [0.5, 0.6) is 0 Å². The van der Waals surface area contributed by atoms with E-state index in [4.69, 9.17) is 5.73 Å². The summed E-state index contributed by atoms with van der Waals surface area (Å²) < 4.78 is 0. The van der Waals surface area contributed by atoms with Crippen LogP contribution in [0.4, 0.5) is 0 Å². The highest BCUT2D eigenvalue weighted by Gasteiger charge is 2.02. The van der Waals surface area contributed by atoms with Gasteiger partial charge in [0.1, 0.15) is 0 Å². The highest BCUT2D eigenvalue weighted by atomic mass is 32.2. The van der Waals surface area contributed by atoms with E-state index in [1.807, 2.05) is 12.3 Å². The monoisotopic (exact) mass is 244 g/mol. The highest BCUT2D eigenvalue weighted by molar-refractivity contribution is 7.99. The first-order valence-electron chi connectivity index (χ1n) is 5.59. The van der Waals surface area contributed by atoms with Crippen molar-refractivity contribution in [3.05, 3.63) is 53.3 Å². The Bertz CT molecular complexity index is 506. The fourth-order valence-electron chi connectivity index (χ4n) is 1.63. The van der Waals surface area contributed by atoms with Gasteiger partial charge in [-0.3, -0.25) is 4.98 Å². The lowest BCUT2D eigenvalue weighted by Gasteiger charge is -2.06. The lowest BCUT2D eigenvalue weighted by molar-refractivity contribution is 0.977. The van der Waals surface area contributed by atoms with E-state index < -0.39 is 0 Å². The predicted molar refractivity (Wildman–Crippen MR) is 72.2 cm³/mol. The molecular weight excluding hydrogens is 228 g/mol. The van der Waals surface area contributed by atoms with Crippen LogP contribution in [0.1, 0.15) is 16.8 Å². The molecule has 0 amide bonds. The van der Waals surface area contributed by atoms with Crippen molar-refractivity contribution in [3.8, 4) is 0 Å². The summed E-state index contributed by atoms with van der Waals surface area (Å²) in [5.74, 6) is 0. The Kier molecular flexibility index (Phi) is 3.82. The van der Waals surface area contributed by atoms with Crippen LogP contribution >= 0.6 is 11.8 Å². The summed E-state index contributed by atoms with van der Waals surface area (Å²) in [5.41, 5.74) is 9.05. The second kappa shape index (κ2) is 5.34. The maximum absolute atomic E-state index is 5.52. The summed E-state index contributed by atoms with van der Waals surface area (Å²) >= 11 is 1.74. The molecule has 0 saturated heterocycles. The SMILES string of the molecule is Cc1ccc(Sc2ccc(CN)nc2)c(C)c1. The van der Waals surface area contributed by atoms with Crippen LogP contribution in [-0.4, -0.2) is 4.98 Å². The largest absolute Gasteiger partial charge is 0.325 e. The van der Waals surface area contributed by atoms with Gasteiger partial charge < -0.3 is 5.73 Å². The number of benzene rings is 1. The van der Waals surface area contributed by atoms with Gasteiger partial charge in [-0.15, -0.1) is 0 Å². The Balaban J connectivity index is 2.19. The highest BCUT2D eigenvalue weighted by Crippen LogP contribution is 2.30. The Morgan fingerprint density at radius 1 is 1.18 bits per heavy atom. The van der Waals surface area contributed by atoms with Crippen molar-refractivity contribution in [2.24, 2.45) is 5.73 Å². The molecule has 17 heavy (non-hydrogen) atoms. The van der Waals surface area contributed by atoms with Gasteiger partial charge >= 0.3 is 0 Å². The van der Waals surface area contributed by atoms with E-state index in [2.05, 4.69) is 43.1 Å². The van der Waals surface area contributed by atoms with Gasteiger partial charge in [-0.1, -0.05) is 29.5 Å². The van der Waals surface area contributed by atoms with Crippen LogP contribution in [0, 0.1) is 13.8 Å². The molecular formula is C14H16N2S. The Morgan fingerprint density at radius 3 is 2.59 bits per heavy atom. The van der Waals surface area contributed by atoms with Gasteiger partial charge in [0.15, 0.2) is 0 Å². The van der Waals surface area contributed by atoms with Gasteiger partial charge in [-0.25, -0.2) is 0 Å². The van der Waals surface area contributed by atoms with E-state index in [0.29, 0.717) is 6.54 Å². The lowest BCUT2D eigenvalue weighted by Crippen LogP contribution is -1.98. The maximum atomic E-state index is 5.52. The van der Waals surface area contributed by atoms with Crippen molar-refractivity contribution >= 4 is 11.8 Å². The summed E-state index contributed by atoms with van der Waals surface area (Å²) in [6.07, 6.45) is 1.88. The molecule has 0 aliphatic heterocycles. The minimum Gasteiger partial charge on any atom is -0.325 e. The summed E-state index contributed by atoms with van der Waals surface area (Å²) in [6, 6.07) is 10.5. The van der Waals surface area contributed by atoms with Crippen LogP contribution in [0.25, 0.3) is 0 Å². The van der Waals surface area contributed by atoms with Crippen molar-refractivity contribution in [1.29, 1.82) is 0 Å². The molecule has 0 aliphatic carbocycles. The molecule has 1 heterocycles. The van der Waals surface area contributed by atoms with Crippen LogP contribution in [0.15, 0.2) is 46.3 Å². The number of pyridine rings is 1. The lowest BCUT2D eigenvalue weighted by atomic mass is 10.2. The molecule has 0 spiro atoms. The molecule has 2 rings (SSSR count). The van der Waals surface area contributed by atoms with Gasteiger partial charge in [-0.2, -0.15) is 0 Å². The number of aromatic nitrogens is 1. The number of nitrogens with two attached hydrogens (primary N) is 1. The van der Waals surface area contributed by atoms with Gasteiger partial charge in [0.05, 0.1) is 5.69 Å². The first-order chi connectivity index (χ1) is 8.19. The first-order valence-corrected chi connectivity index (χ1v) is 6.41. The zero-order chi connectivity index (χ0) is 12.3. The molecule has 0 unspecified atom stereocenters. The van der Waals surface area contributed by atoms with Gasteiger partial charge in [0, 0.05) is 22.5 Å². The molecule has 3 heteroatoms. The normalized spacial score (nSPS) is 10.5. The molecule has 2 aromatic rings. The molecule has 2 nitrogen and oxygen atoms in total. The van der Waals surface area contributed by atoms with E-state index in [1.165, 1.54) is 16.0 Å². The summed E-state index contributed by atoms with van der Waals surface area (Å²) in [5, 5.41) is 0. The molecule has 1 aromatic heterocycles. The van der Waals surface area contributed by atoms with E-state index in [0.717, 1.165) is 10.6 Å². The Morgan fingerprint density at radius 2 is 2.00 bits per heavy atom. The molecule has 1 aromatic carbocycles. The minimum atomic E-state index is 0.495. The van der Waals surface area contributed by atoms with E-state index in [-0.39, 0.29) is 0 Å². The molecule has 88 valence electrons. The van der Waals surface area contributed by atoms with Gasteiger partial charge in [0.2, 0.25) is 0 Å². The smallest absolute Gasteiger partial charge is 0.0540 e. The molecule has 0 fully saturated rings. The molecule has 0 atom stereocenters. The van der Waals surface area contributed by atoms with Crippen molar-refractivity contribution < 1.29 is 0 Å². The number of hydrogen-bond acceptors (Lipinski definition) is 3. The zero-order valence-corrected chi connectivity index (χ0v) is 10.9. The van der Waals surface area contributed by atoms with Gasteiger partial charge in [0.25, 0.3) is 0 Å². The average Bonchev–Trinajstić information content (AvgIpc) is 2.34. The summed E-state index contributed by atoms with van der Waals surface area (Å²) in [4.78, 5) is 6.72. The molecule has 0 saturated carbocycles. The van der Waals surface area contributed by atoms with Crippen molar-refractivity contribution in [1.82, 2.24) is 4.98 Å². The first kappa shape index (κ1) is 12.1. The zero-order valence-electron chi connectivity index (χ0n) is 10.1. The van der Waals surface area contributed by atoms with Gasteiger partial charge in [-0.05, 0) is 37.6 Å². The van der Waals surface area contributed by atoms with Crippen LogP contribution in [0.3, 0.4) is 0 Å². The van der Waals surface area contributed by atoms with E-state index >= 15 is 0 Å². The van der Waals surface area contributed by atoms with Crippen LogP contribution < -0.4 is 5.73 Å². The minimum absolute atomic E-state index is 0.495. The number of rotatable bonds is 3. The number of aryl methyl sites for hydroxylation is 2. The van der Waals surface area contributed by atoms with Crippen LogP contribution in [-0.2, 0) is 6.54 Å². The third kappa shape index (κ3) is 3.08. The quantitative estimate of drug-likeness (QED) is 0.900. The molecule has 2 N–H and O–H groups in total. The molecule has 0 bridgehead atoms. The molecule has 0 radical (unpaired) electrons. The Hall–Kier alpha value is -1.32. The standard InChI is InChI=1S/C14H16N2S/c1-10-3-6-14(11(2)7-10)17-13-5-4-12(8-15)16-9-13/h3-7,9H,8,15H2,1-2H3. The second-order valence-corrected chi connectivity index (χ2v) is 5.18.